The van der Waals surface area contributed by atoms with Crippen molar-refractivity contribution in [3.8, 4) is 5.75 Å². The van der Waals surface area contributed by atoms with Crippen LogP contribution >= 0.6 is 0 Å². The van der Waals surface area contributed by atoms with Gasteiger partial charge in [-0.1, -0.05) is 6.07 Å². The fourth-order valence-electron chi connectivity index (χ4n) is 2.03. The topological polar surface area (TPSA) is 72.7 Å². The minimum atomic E-state index is -0.536. The average Bonchev–Trinajstić information content (AvgIpc) is 2.55. The van der Waals surface area contributed by atoms with E-state index in [1.807, 2.05) is 0 Å². The number of hydrogen-bond acceptors (Lipinski definition) is 4. The van der Waals surface area contributed by atoms with Crippen LogP contribution in [0.15, 0.2) is 48.5 Å². The van der Waals surface area contributed by atoms with E-state index in [2.05, 4.69) is 0 Å². The van der Waals surface area contributed by atoms with Gasteiger partial charge in [-0.25, -0.2) is 4.39 Å². The van der Waals surface area contributed by atoms with Crippen molar-refractivity contribution >= 4 is 17.3 Å². The Balaban J connectivity index is 2.04. The smallest absolute Gasteiger partial charge is 0.273 e. The number of amides is 1. The minimum absolute atomic E-state index is 0.110. The normalized spacial score (nSPS) is 10.2. The van der Waals surface area contributed by atoms with Crippen molar-refractivity contribution < 1.29 is 18.8 Å². The van der Waals surface area contributed by atoms with E-state index in [-0.39, 0.29) is 29.8 Å². The number of anilines is 1. The molecule has 0 unspecified atom stereocenters. The van der Waals surface area contributed by atoms with E-state index in [1.54, 1.807) is 6.92 Å². The van der Waals surface area contributed by atoms with Gasteiger partial charge in [0.15, 0.2) is 6.61 Å². The van der Waals surface area contributed by atoms with Gasteiger partial charge < -0.3 is 9.64 Å². The highest BCUT2D eigenvalue weighted by molar-refractivity contribution is 5.94. The van der Waals surface area contributed by atoms with E-state index in [1.165, 1.54) is 53.4 Å². The van der Waals surface area contributed by atoms with Crippen LogP contribution in [0.3, 0.4) is 0 Å². The van der Waals surface area contributed by atoms with E-state index in [9.17, 15) is 19.3 Å². The van der Waals surface area contributed by atoms with Crippen molar-refractivity contribution in [2.24, 2.45) is 0 Å². The number of nitro groups is 1. The Morgan fingerprint density at radius 1 is 1.26 bits per heavy atom. The van der Waals surface area contributed by atoms with Crippen LogP contribution in [0.2, 0.25) is 0 Å². The third-order valence-corrected chi connectivity index (χ3v) is 3.15. The zero-order valence-electron chi connectivity index (χ0n) is 12.4. The Morgan fingerprint density at radius 2 is 1.96 bits per heavy atom. The van der Waals surface area contributed by atoms with Crippen molar-refractivity contribution in [1.82, 2.24) is 0 Å². The van der Waals surface area contributed by atoms with Crippen molar-refractivity contribution in [1.29, 1.82) is 0 Å². The molecule has 23 heavy (non-hydrogen) atoms. The molecular formula is C16H15FN2O4. The molecule has 0 radical (unpaired) electrons. The second-order valence-electron chi connectivity index (χ2n) is 4.66. The molecule has 0 aromatic heterocycles. The van der Waals surface area contributed by atoms with Gasteiger partial charge in [-0.15, -0.1) is 0 Å². The minimum Gasteiger partial charge on any atom is -0.483 e. The fourth-order valence-corrected chi connectivity index (χ4v) is 2.03. The summed E-state index contributed by atoms with van der Waals surface area (Å²) in [6.45, 7) is 1.91. The number of benzene rings is 2. The monoisotopic (exact) mass is 318 g/mol. The number of carbonyl (C=O) groups is 1. The quantitative estimate of drug-likeness (QED) is 0.606. The molecule has 2 rings (SSSR count). The molecular weight excluding hydrogens is 303 g/mol. The molecule has 0 fully saturated rings. The molecule has 0 heterocycles. The number of carbonyl (C=O) groups excluding carboxylic acids is 1. The van der Waals surface area contributed by atoms with E-state index in [4.69, 9.17) is 4.74 Å². The van der Waals surface area contributed by atoms with Gasteiger partial charge in [-0.2, -0.15) is 0 Å². The van der Waals surface area contributed by atoms with Crippen LogP contribution in [0.4, 0.5) is 15.8 Å². The lowest BCUT2D eigenvalue weighted by molar-refractivity contribution is -0.384. The molecule has 0 saturated carbocycles. The molecule has 0 N–H and O–H groups in total. The van der Waals surface area contributed by atoms with Crippen LogP contribution in [0.5, 0.6) is 5.75 Å². The summed E-state index contributed by atoms with van der Waals surface area (Å²) in [4.78, 5) is 23.8. The summed E-state index contributed by atoms with van der Waals surface area (Å²) in [5.41, 5.74) is 0.447. The highest BCUT2D eigenvalue weighted by Gasteiger charge is 2.15. The van der Waals surface area contributed by atoms with E-state index in [0.717, 1.165) is 0 Å². The van der Waals surface area contributed by atoms with Gasteiger partial charge in [0.2, 0.25) is 0 Å². The molecule has 0 saturated heterocycles. The number of likely N-dealkylation sites (N-methyl/N-ethyl adjacent to an activating group) is 1. The van der Waals surface area contributed by atoms with Gasteiger partial charge in [-0.05, 0) is 37.3 Å². The second kappa shape index (κ2) is 7.35. The summed E-state index contributed by atoms with van der Waals surface area (Å²) >= 11 is 0. The van der Waals surface area contributed by atoms with Gasteiger partial charge in [0.25, 0.3) is 11.6 Å². The molecule has 0 spiro atoms. The number of rotatable bonds is 6. The summed E-state index contributed by atoms with van der Waals surface area (Å²) in [5.74, 6) is -0.474. The molecule has 2 aromatic rings. The maximum atomic E-state index is 12.9. The molecule has 0 aliphatic rings. The summed E-state index contributed by atoms with van der Waals surface area (Å²) in [6, 6.07) is 11.2. The molecule has 0 aliphatic heterocycles. The number of non-ortho nitro benzene ring substituents is 1. The van der Waals surface area contributed by atoms with Crippen molar-refractivity contribution in [3.63, 3.8) is 0 Å². The standard InChI is InChI=1S/C16H15FN2O4/c1-2-18(13-8-6-12(17)7-9-13)16(20)11-23-15-5-3-4-14(10-15)19(21)22/h3-10H,2,11H2,1H3. The molecule has 0 atom stereocenters. The van der Waals surface area contributed by atoms with Crippen LogP contribution in [-0.2, 0) is 4.79 Å². The lowest BCUT2D eigenvalue weighted by atomic mass is 10.2. The molecule has 120 valence electrons. The number of halogens is 1. The molecule has 6 nitrogen and oxygen atoms in total. The summed E-state index contributed by atoms with van der Waals surface area (Å²) in [6.07, 6.45) is 0. The van der Waals surface area contributed by atoms with Crippen molar-refractivity contribution in [3.05, 3.63) is 64.5 Å². The van der Waals surface area contributed by atoms with Gasteiger partial charge >= 0.3 is 0 Å². The largest absolute Gasteiger partial charge is 0.483 e. The first-order valence-corrected chi connectivity index (χ1v) is 6.94. The Labute approximate surface area is 132 Å². The van der Waals surface area contributed by atoms with Crippen LogP contribution < -0.4 is 9.64 Å². The highest BCUT2D eigenvalue weighted by Crippen LogP contribution is 2.20. The van der Waals surface area contributed by atoms with E-state index in [0.29, 0.717) is 12.2 Å². The number of nitro benzene ring substituents is 1. The van der Waals surface area contributed by atoms with Crippen LogP contribution in [0, 0.1) is 15.9 Å². The Morgan fingerprint density at radius 3 is 2.57 bits per heavy atom. The van der Waals surface area contributed by atoms with Gasteiger partial charge in [0.1, 0.15) is 11.6 Å². The SMILES string of the molecule is CCN(C(=O)COc1cccc([N+](=O)[O-])c1)c1ccc(F)cc1. The van der Waals surface area contributed by atoms with Crippen LogP contribution in [-0.4, -0.2) is 24.0 Å². The molecule has 2 aromatic carbocycles. The lowest BCUT2D eigenvalue weighted by Gasteiger charge is -2.21. The first-order valence-electron chi connectivity index (χ1n) is 6.94. The summed E-state index contributed by atoms with van der Waals surface area (Å²) in [7, 11) is 0. The van der Waals surface area contributed by atoms with Crippen LogP contribution in [0.1, 0.15) is 6.92 Å². The zero-order chi connectivity index (χ0) is 16.8. The van der Waals surface area contributed by atoms with Gasteiger partial charge in [0.05, 0.1) is 11.0 Å². The Bertz CT molecular complexity index is 703. The van der Waals surface area contributed by atoms with Gasteiger partial charge in [-0.3, -0.25) is 14.9 Å². The first-order chi connectivity index (χ1) is 11.0. The highest BCUT2D eigenvalue weighted by atomic mass is 19.1. The predicted octanol–water partition coefficient (Wildman–Crippen LogP) is 3.17. The van der Waals surface area contributed by atoms with E-state index < -0.39 is 4.92 Å². The third-order valence-electron chi connectivity index (χ3n) is 3.15. The van der Waals surface area contributed by atoms with Crippen molar-refractivity contribution in [2.75, 3.05) is 18.1 Å². The summed E-state index contributed by atoms with van der Waals surface area (Å²) in [5, 5.41) is 10.7. The molecule has 1 amide bonds. The van der Waals surface area contributed by atoms with Gasteiger partial charge in [0, 0.05) is 18.3 Å². The lowest BCUT2D eigenvalue weighted by Crippen LogP contribution is -2.34. The maximum absolute atomic E-state index is 12.9. The van der Waals surface area contributed by atoms with Crippen LogP contribution in [0.25, 0.3) is 0 Å². The molecule has 0 aliphatic carbocycles. The molecule has 0 bridgehead atoms. The maximum Gasteiger partial charge on any atom is 0.273 e. The van der Waals surface area contributed by atoms with E-state index >= 15 is 0 Å². The Kier molecular flexibility index (Phi) is 5.24. The first kappa shape index (κ1) is 16.4. The number of ether oxygens (including phenoxy) is 1. The Hall–Kier alpha value is -2.96. The molecule has 7 heteroatoms. The zero-order valence-corrected chi connectivity index (χ0v) is 12.4. The fraction of sp³-hybridized carbons (Fsp3) is 0.188. The summed E-state index contributed by atoms with van der Waals surface area (Å²) < 4.78 is 18.3. The predicted molar refractivity (Wildman–Crippen MR) is 83.0 cm³/mol. The third kappa shape index (κ3) is 4.26. The van der Waals surface area contributed by atoms with Crippen molar-refractivity contribution in [2.45, 2.75) is 6.92 Å². The second-order valence-corrected chi connectivity index (χ2v) is 4.66. The number of nitrogens with zero attached hydrogens (tertiary/aromatic N) is 2. The average molecular weight is 318 g/mol. The number of hydrogen-bond donors (Lipinski definition) is 0.